The first-order chi connectivity index (χ1) is 12.4. The van der Waals surface area contributed by atoms with Gasteiger partial charge in [0, 0.05) is 29.5 Å². The molecule has 0 heterocycles. The summed E-state index contributed by atoms with van der Waals surface area (Å²) in [6.07, 6.45) is 3.02. The maximum absolute atomic E-state index is 11.4. The van der Waals surface area contributed by atoms with Gasteiger partial charge in [-0.1, -0.05) is 28.1 Å². The molecule has 6 nitrogen and oxygen atoms in total. The minimum absolute atomic E-state index is 0.113. The summed E-state index contributed by atoms with van der Waals surface area (Å²) in [7, 11) is -3.11. The van der Waals surface area contributed by atoms with Crippen LogP contribution in [0.15, 0.2) is 33.7 Å². The van der Waals surface area contributed by atoms with Gasteiger partial charge in [0.1, 0.15) is 0 Å². The van der Waals surface area contributed by atoms with Gasteiger partial charge in [-0.25, -0.2) is 13.1 Å². The predicted molar refractivity (Wildman–Crippen MR) is 111 cm³/mol. The minimum Gasteiger partial charge on any atom is -0.357 e. The van der Waals surface area contributed by atoms with Gasteiger partial charge < -0.3 is 10.6 Å². The van der Waals surface area contributed by atoms with E-state index < -0.39 is 10.0 Å². The SMILES string of the molecule is CCNC(=NCC1(c2cccc(Br)c2)CC1)NCCCNS(=O)(=O)CC. The highest BCUT2D eigenvalue weighted by Gasteiger charge is 2.44. The molecule has 0 amide bonds. The molecule has 26 heavy (non-hydrogen) atoms. The number of nitrogens with zero attached hydrogens (tertiary/aromatic N) is 1. The minimum atomic E-state index is -3.11. The molecule has 1 aromatic rings. The molecule has 8 heteroatoms. The molecular formula is C18H29BrN4O2S. The van der Waals surface area contributed by atoms with E-state index in [-0.39, 0.29) is 11.2 Å². The van der Waals surface area contributed by atoms with Crippen molar-refractivity contribution in [2.75, 3.05) is 31.9 Å². The predicted octanol–water partition coefficient (Wildman–Crippen LogP) is 2.37. The number of aliphatic imine (C=N–C) groups is 1. The molecule has 1 saturated carbocycles. The molecule has 0 saturated heterocycles. The van der Waals surface area contributed by atoms with E-state index >= 15 is 0 Å². The highest BCUT2D eigenvalue weighted by atomic mass is 79.9. The third-order valence-electron chi connectivity index (χ3n) is 4.52. The normalized spacial score (nSPS) is 16.3. The van der Waals surface area contributed by atoms with E-state index in [2.05, 4.69) is 49.5 Å². The molecule has 0 atom stereocenters. The van der Waals surface area contributed by atoms with Crippen molar-refractivity contribution in [3.8, 4) is 0 Å². The summed E-state index contributed by atoms with van der Waals surface area (Å²) in [5.74, 6) is 0.898. The monoisotopic (exact) mass is 444 g/mol. The second-order valence-electron chi connectivity index (χ2n) is 6.56. The Morgan fingerprint density at radius 3 is 2.62 bits per heavy atom. The summed E-state index contributed by atoms with van der Waals surface area (Å²) in [6, 6.07) is 8.47. The van der Waals surface area contributed by atoms with Gasteiger partial charge in [-0.15, -0.1) is 0 Å². The van der Waals surface area contributed by atoms with Gasteiger partial charge in [0.15, 0.2) is 5.96 Å². The Balaban J connectivity index is 1.85. The quantitative estimate of drug-likeness (QED) is 0.293. The Kier molecular flexibility index (Phi) is 7.91. The number of rotatable bonds is 10. The largest absolute Gasteiger partial charge is 0.357 e. The Morgan fingerprint density at radius 2 is 2.00 bits per heavy atom. The van der Waals surface area contributed by atoms with Crippen molar-refractivity contribution in [1.29, 1.82) is 0 Å². The third-order valence-corrected chi connectivity index (χ3v) is 6.42. The second kappa shape index (κ2) is 9.71. The Labute approximate surface area is 165 Å². The fourth-order valence-corrected chi connectivity index (χ4v) is 3.76. The molecule has 1 fully saturated rings. The molecule has 3 N–H and O–H groups in total. The maximum Gasteiger partial charge on any atom is 0.211 e. The summed E-state index contributed by atoms with van der Waals surface area (Å²) in [5.41, 5.74) is 1.49. The van der Waals surface area contributed by atoms with Crippen LogP contribution in [0.5, 0.6) is 0 Å². The molecule has 1 aliphatic rings. The summed E-state index contributed by atoms with van der Waals surface area (Å²) in [6.45, 7) is 6.31. The van der Waals surface area contributed by atoms with Crippen molar-refractivity contribution in [3.63, 3.8) is 0 Å². The number of sulfonamides is 1. The molecule has 1 aromatic carbocycles. The summed E-state index contributed by atoms with van der Waals surface area (Å²) in [5, 5.41) is 6.54. The van der Waals surface area contributed by atoms with E-state index in [9.17, 15) is 8.42 Å². The summed E-state index contributed by atoms with van der Waals surface area (Å²) in [4.78, 5) is 4.76. The lowest BCUT2D eigenvalue weighted by Crippen LogP contribution is -2.39. The zero-order valence-corrected chi connectivity index (χ0v) is 17.9. The lowest BCUT2D eigenvalue weighted by atomic mass is 9.96. The molecule has 0 bridgehead atoms. The van der Waals surface area contributed by atoms with E-state index in [0.717, 1.165) is 36.4 Å². The van der Waals surface area contributed by atoms with Crippen LogP contribution in [0.3, 0.4) is 0 Å². The number of benzene rings is 1. The second-order valence-corrected chi connectivity index (χ2v) is 9.58. The molecule has 0 spiro atoms. The molecule has 0 aromatic heterocycles. The number of halogens is 1. The van der Waals surface area contributed by atoms with E-state index in [1.54, 1.807) is 6.92 Å². The fourth-order valence-electron chi connectivity index (χ4n) is 2.70. The fraction of sp³-hybridized carbons (Fsp3) is 0.611. The van der Waals surface area contributed by atoms with Crippen LogP contribution < -0.4 is 15.4 Å². The van der Waals surface area contributed by atoms with Gasteiger partial charge in [-0.3, -0.25) is 4.99 Å². The van der Waals surface area contributed by atoms with Crippen molar-refractivity contribution >= 4 is 31.9 Å². The van der Waals surface area contributed by atoms with Crippen molar-refractivity contribution in [3.05, 3.63) is 34.3 Å². The maximum atomic E-state index is 11.4. The van der Waals surface area contributed by atoms with E-state index in [1.807, 2.05) is 13.0 Å². The number of hydrogen-bond acceptors (Lipinski definition) is 3. The first kappa shape index (κ1) is 21.2. The zero-order valence-electron chi connectivity index (χ0n) is 15.5. The van der Waals surface area contributed by atoms with Crippen LogP contribution in [-0.4, -0.2) is 46.3 Å². The number of guanidine groups is 1. The molecule has 146 valence electrons. The summed E-state index contributed by atoms with van der Waals surface area (Å²) < 4.78 is 26.5. The smallest absolute Gasteiger partial charge is 0.211 e. The van der Waals surface area contributed by atoms with Gasteiger partial charge in [0.2, 0.25) is 10.0 Å². The van der Waals surface area contributed by atoms with Crippen LogP contribution in [-0.2, 0) is 15.4 Å². The van der Waals surface area contributed by atoms with Crippen molar-refractivity contribution in [2.45, 2.75) is 38.5 Å². The van der Waals surface area contributed by atoms with E-state index in [4.69, 9.17) is 4.99 Å². The Bertz CT molecular complexity index is 718. The van der Waals surface area contributed by atoms with Crippen molar-refractivity contribution < 1.29 is 8.42 Å². The number of hydrogen-bond donors (Lipinski definition) is 3. The highest BCUT2D eigenvalue weighted by Crippen LogP contribution is 2.48. The average molecular weight is 445 g/mol. The average Bonchev–Trinajstić information content (AvgIpc) is 3.40. The first-order valence-electron chi connectivity index (χ1n) is 9.16. The van der Waals surface area contributed by atoms with Gasteiger partial charge >= 0.3 is 0 Å². The first-order valence-corrected chi connectivity index (χ1v) is 11.6. The topological polar surface area (TPSA) is 82.6 Å². The summed E-state index contributed by atoms with van der Waals surface area (Å²) >= 11 is 3.55. The zero-order chi connectivity index (χ0) is 19.0. The molecule has 0 aliphatic heterocycles. The molecule has 1 aliphatic carbocycles. The third kappa shape index (κ3) is 6.55. The van der Waals surface area contributed by atoms with Gasteiger partial charge in [-0.2, -0.15) is 0 Å². The van der Waals surface area contributed by atoms with Crippen molar-refractivity contribution in [1.82, 2.24) is 15.4 Å². The van der Waals surface area contributed by atoms with Gasteiger partial charge in [0.25, 0.3) is 0 Å². The highest BCUT2D eigenvalue weighted by molar-refractivity contribution is 9.10. The molecule has 0 radical (unpaired) electrons. The lowest BCUT2D eigenvalue weighted by molar-refractivity contribution is 0.579. The van der Waals surface area contributed by atoms with Crippen LogP contribution in [0.2, 0.25) is 0 Å². The molecular weight excluding hydrogens is 416 g/mol. The molecule has 0 unspecified atom stereocenters. The van der Waals surface area contributed by atoms with Crippen LogP contribution in [0.4, 0.5) is 0 Å². The van der Waals surface area contributed by atoms with Crippen molar-refractivity contribution in [2.24, 2.45) is 4.99 Å². The van der Waals surface area contributed by atoms with E-state index in [1.165, 1.54) is 5.56 Å². The van der Waals surface area contributed by atoms with Crippen LogP contribution in [0, 0.1) is 0 Å². The van der Waals surface area contributed by atoms with Crippen LogP contribution >= 0.6 is 15.9 Å². The van der Waals surface area contributed by atoms with E-state index in [0.29, 0.717) is 19.5 Å². The lowest BCUT2D eigenvalue weighted by Gasteiger charge is -2.16. The van der Waals surface area contributed by atoms with Gasteiger partial charge in [-0.05, 0) is 50.8 Å². The van der Waals surface area contributed by atoms with Crippen LogP contribution in [0.1, 0.15) is 38.7 Å². The molecule has 2 rings (SSSR count). The van der Waals surface area contributed by atoms with Crippen LogP contribution in [0.25, 0.3) is 0 Å². The Morgan fingerprint density at radius 1 is 1.23 bits per heavy atom. The standard InChI is InChI=1S/C18H29BrN4O2S/c1-3-20-17(21-11-6-12-23-26(24,25)4-2)22-14-18(9-10-18)15-7-5-8-16(19)13-15/h5,7-8,13,23H,3-4,6,9-12,14H2,1-2H3,(H2,20,21,22). The Hall–Kier alpha value is -1.12. The van der Waals surface area contributed by atoms with Gasteiger partial charge in [0.05, 0.1) is 12.3 Å². The number of nitrogens with one attached hydrogen (secondary N) is 3.